The van der Waals surface area contributed by atoms with E-state index in [0.717, 1.165) is 10.9 Å². The Kier molecular flexibility index (Phi) is 3.72. The smallest absolute Gasteiger partial charge is 0.341 e. The molecule has 26 heavy (non-hydrogen) atoms. The highest BCUT2D eigenvalue weighted by Crippen LogP contribution is 2.46. The monoisotopic (exact) mass is 346 g/mol. The van der Waals surface area contributed by atoms with Crippen LogP contribution in [0, 0.1) is 0 Å². The van der Waals surface area contributed by atoms with Gasteiger partial charge in [-0.15, -0.1) is 0 Å². The Hall–Kier alpha value is -3.21. The molecule has 2 aromatic carbocycles. The second kappa shape index (κ2) is 5.95. The Balaban J connectivity index is 2.15. The molecule has 5 nitrogen and oxygen atoms in total. The molecule has 1 aromatic heterocycles. The van der Waals surface area contributed by atoms with Crippen LogP contribution in [-0.4, -0.2) is 35.4 Å². The molecule has 1 amide bonds. The van der Waals surface area contributed by atoms with Crippen molar-refractivity contribution in [3.8, 4) is 0 Å². The van der Waals surface area contributed by atoms with Gasteiger partial charge in [0.25, 0.3) is 5.91 Å². The van der Waals surface area contributed by atoms with Gasteiger partial charge in [-0.05, 0) is 18.6 Å². The number of ether oxygens (including phenoxy) is 1. The third-order valence-corrected chi connectivity index (χ3v) is 4.94. The summed E-state index contributed by atoms with van der Waals surface area (Å²) < 4.78 is 5.45. The van der Waals surface area contributed by atoms with Crippen LogP contribution in [0.5, 0.6) is 0 Å². The molecule has 2 heterocycles. The van der Waals surface area contributed by atoms with Crippen molar-refractivity contribution in [2.75, 3.05) is 13.7 Å². The van der Waals surface area contributed by atoms with E-state index < -0.39 is 11.5 Å². The lowest BCUT2D eigenvalue weighted by Gasteiger charge is -2.35. The maximum absolute atomic E-state index is 13.3. The lowest BCUT2D eigenvalue weighted by atomic mass is 9.81. The van der Waals surface area contributed by atoms with Crippen LogP contribution >= 0.6 is 0 Å². The van der Waals surface area contributed by atoms with Gasteiger partial charge in [-0.25, -0.2) is 4.79 Å². The van der Waals surface area contributed by atoms with E-state index in [2.05, 4.69) is 4.98 Å². The molecule has 0 N–H and O–H groups in total. The van der Waals surface area contributed by atoms with Crippen LogP contribution in [0.2, 0.25) is 0 Å². The zero-order valence-electron chi connectivity index (χ0n) is 14.6. The van der Waals surface area contributed by atoms with Crippen molar-refractivity contribution >= 4 is 22.8 Å². The van der Waals surface area contributed by atoms with Gasteiger partial charge in [-0.1, -0.05) is 48.5 Å². The molecule has 1 unspecified atom stereocenters. The average Bonchev–Trinajstić information content (AvgIpc) is 2.91. The van der Waals surface area contributed by atoms with E-state index in [1.807, 2.05) is 54.6 Å². The Labute approximate surface area is 151 Å². The van der Waals surface area contributed by atoms with E-state index in [1.54, 1.807) is 20.2 Å². The minimum absolute atomic E-state index is 0.230. The molecule has 1 aliphatic heterocycles. The summed E-state index contributed by atoms with van der Waals surface area (Å²) in [7, 11) is 1.64. The number of carbonyl (C=O) groups excluding carboxylic acids is 2. The second-order valence-corrected chi connectivity index (χ2v) is 6.23. The molecule has 4 rings (SSSR count). The number of para-hydroxylation sites is 1. The summed E-state index contributed by atoms with van der Waals surface area (Å²) in [4.78, 5) is 32.2. The van der Waals surface area contributed by atoms with Crippen LogP contribution in [0.1, 0.15) is 28.4 Å². The normalized spacial score (nSPS) is 18.8. The Morgan fingerprint density at radius 3 is 2.54 bits per heavy atom. The SMILES string of the molecule is CCOC(=O)C1(c2ccccc2)c2c(cnc3ccccc23)C(=O)N1C. The first kappa shape index (κ1) is 16.3. The number of fused-ring (bicyclic) bond motifs is 3. The number of hydrogen-bond acceptors (Lipinski definition) is 4. The Bertz CT molecular complexity index is 1020. The molecule has 5 heteroatoms. The van der Waals surface area contributed by atoms with Crippen LogP contribution in [-0.2, 0) is 15.1 Å². The van der Waals surface area contributed by atoms with Crippen molar-refractivity contribution in [1.29, 1.82) is 0 Å². The van der Waals surface area contributed by atoms with Crippen molar-refractivity contribution < 1.29 is 14.3 Å². The van der Waals surface area contributed by atoms with E-state index in [4.69, 9.17) is 4.74 Å². The van der Waals surface area contributed by atoms with E-state index in [0.29, 0.717) is 16.7 Å². The molecular weight excluding hydrogens is 328 g/mol. The molecule has 1 aliphatic rings. The summed E-state index contributed by atoms with van der Waals surface area (Å²) in [5, 5.41) is 0.777. The number of esters is 1. The lowest BCUT2D eigenvalue weighted by molar-refractivity contribution is -0.153. The zero-order valence-corrected chi connectivity index (χ0v) is 14.6. The van der Waals surface area contributed by atoms with Gasteiger partial charge in [0.1, 0.15) is 0 Å². The van der Waals surface area contributed by atoms with Crippen LogP contribution < -0.4 is 0 Å². The third-order valence-electron chi connectivity index (χ3n) is 4.94. The van der Waals surface area contributed by atoms with E-state index in [-0.39, 0.29) is 12.5 Å². The first-order valence-electron chi connectivity index (χ1n) is 8.51. The number of nitrogens with zero attached hydrogens (tertiary/aromatic N) is 2. The summed E-state index contributed by atoms with van der Waals surface area (Å²) in [6.07, 6.45) is 1.56. The van der Waals surface area contributed by atoms with Gasteiger partial charge in [-0.3, -0.25) is 9.78 Å². The average molecular weight is 346 g/mol. The molecule has 0 fully saturated rings. The maximum atomic E-state index is 13.3. The summed E-state index contributed by atoms with van der Waals surface area (Å²) in [6.45, 7) is 1.99. The molecule has 130 valence electrons. The molecule has 0 saturated heterocycles. The van der Waals surface area contributed by atoms with Crippen molar-refractivity contribution in [2.45, 2.75) is 12.5 Å². The molecule has 0 bridgehead atoms. The topological polar surface area (TPSA) is 59.5 Å². The van der Waals surface area contributed by atoms with Gasteiger partial charge < -0.3 is 9.64 Å². The number of rotatable bonds is 3. The number of likely N-dealkylation sites (N-methyl/N-ethyl adjacent to an activating group) is 1. The number of pyridine rings is 1. The number of amides is 1. The Morgan fingerprint density at radius 1 is 1.12 bits per heavy atom. The minimum atomic E-state index is -1.33. The molecule has 3 aromatic rings. The summed E-state index contributed by atoms with van der Waals surface area (Å²) in [6, 6.07) is 16.8. The highest BCUT2D eigenvalue weighted by molar-refractivity contribution is 6.11. The van der Waals surface area contributed by atoms with Gasteiger partial charge in [0.15, 0.2) is 5.54 Å². The predicted octanol–water partition coefficient (Wildman–Crippen LogP) is 3.13. The minimum Gasteiger partial charge on any atom is -0.464 e. The van der Waals surface area contributed by atoms with Crippen LogP contribution in [0.15, 0.2) is 60.8 Å². The standard InChI is InChI=1S/C21H18N2O3/c1-3-26-20(25)21(14-9-5-4-6-10-14)18-15-11-7-8-12-17(15)22-13-16(18)19(24)23(21)2/h4-13H,3H2,1-2H3. The first-order chi connectivity index (χ1) is 12.6. The van der Waals surface area contributed by atoms with Crippen molar-refractivity contribution in [2.24, 2.45) is 0 Å². The van der Waals surface area contributed by atoms with Crippen LogP contribution in [0.25, 0.3) is 10.9 Å². The number of aromatic nitrogens is 1. The lowest BCUT2D eigenvalue weighted by Crippen LogP contribution is -2.49. The fraction of sp³-hybridized carbons (Fsp3) is 0.190. The van der Waals surface area contributed by atoms with Crippen LogP contribution in [0.4, 0.5) is 0 Å². The number of carbonyl (C=O) groups is 2. The van der Waals surface area contributed by atoms with Crippen molar-refractivity contribution in [3.63, 3.8) is 0 Å². The quantitative estimate of drug-likeness (QED) is 0.684. The fourth-order valence-electron chi connectivity index (χ4n) is 3.80. The molecule has 1 atom stereocenters. The summed E-state index contributed by atoms with van der Waals surface area (Å²) in [5.74, 6) is -0.702. The van der Waals surface area contributed by atoms with E-state index >= 15 is 0 Å². The summed E-state index contributed by atoms with van der Waals surface area (Å²) >= 11 is 0. The highest BCUT2D eigenvalue weighted by Gasteiger charge is 2.57. The van der Waals surface area contributed by atoms with Gasteiger partial charge >= 0.3 is 5.97 Å². The molecule has 0 aliphatic carbocycles. The van der Waals surface area contributed by atoms with Crippen molar-refractivity contribution in [3.05, 3.63) is 77.5 Å². The third kappa shape index (κ3) is 2.00. The van der Waals surface area contributed by atoms with Gasteiger partial charge in [0, 0.05) is 24.2 Å². The molecule has 0 saturated carbocycles. The maximum Gasteiger partial charge on any atom is 0.341 e. The molecule has 0 radical (unpaired) electrons. The Morgan fingerprint density at radius 2 is 1.81 bits per heavy atom. The van der Waals surface area contributed by atoms with Crippen LogP contribution in [0.3, 0.4) is 0 Å². The summed E-state index contributed by atoms with van der Waals surface area (Å²) in [5.41, 5.74) is 1.18. The predicted molar refractivity (Wildman–Crippen MR) is 97.7 cm³/mol. The van der Waals surface area contributed by atoms with Gasteiger partial charge in [0.2, 0.25) is 0 Å². The number of benzene rings is 2. The van der Waals surface area contributed by atoms with Gasteiger partial charge in [-0.2, -0.15) is 0 Å². The van der Waals surface area contributed by atoms with Gasteiger partial charge in [0.05, 0.1) is 17.7 Å². The van der Waals surface area contributed by atoms with E-state index in [1.165, 1.54) is 4.90 Å². The first-order valence-corrected chi connectivity index (χ1v) is 8.51. The molecular formula is C21H18N2O3. The van der Waals surface area contributed by atoms with E-state index in [9.17, 15) is 9.59 Å². The molecule has 0 spiro atoms. The van der Waals surface area contributed by atoms with Crippen molar-refractivity contribution in [1.82, 2.24) is 9.88 Å². The highest BCUT2D eigenvalue weighted by atomic mass is 16.5. The number of hydrogen-bond donors (Lipinski definition) is 0. The second-order valence-electron chi connectivity index (χ2n) is 6.23. The fourth-order valence-corrected chi connectivity index (χ4v) is 3.80. The largest absolute Gasteiger partial charge is 0.464 e. The zero-order chi connectivity index (χ0) is 18.3.